The van der Waals surface area contributed by atoms with Gasteiger partial charge in [-0.25, -0.2) is 0 Å². The largest absolute Gasteiger partial charge is 0.378 e. The van der Waals surface area contributed by atoms with Crippen molar-refractivity contribution in [3.8, 4) is 0 Å². The Morgan fingerprint density at radius 2 is 1.82 bits per heavy atom. The minimum absolute atomic E-state index is 0. The molecule has 2 amide bonds. The fraction of sp³-hybridized carbons (Fsp3) is 0.333. The molecule has 3 rings (SSSR count). The standard InChI is InChI=1S/C21H25N3O3.ClH/c1-15-5-7-16(8-6-15)12-23-20(25)18-4-2-3-17(11-18)13-24-21(26)19-14-27-10-9-22-19;/h2-8,11,19,22H,9-10,12-14H2,1H3,(H,23,25)(H,24,26);1H. The molecule has 1 aliphatic rings. The highest BCUT2D eigenvalue weighted by Gasteiger charge is 2.20. The average molecular weight is 404 g/mol. The van der Waals surface area contributed by atoms with E-state index in [2.05, 4.69) is 16.0 Å². The van der Waals surface area contributed by atoms with Crippen molar-refractivity contribution in [1.29, 1.82) is 0 Å². The van der Waals surface area contributed by atoms with Crippen LogP contribution in [0.2, 0.25) is 0 Å². The van der Waals surface area contributed by atoms with Gasteiger partial charge >= 0.3 is 0 Å². The highest BCUT2D eigenvalue weighted by atomic mass is 35.5. The average Bonchev–Trinajstić information content (AvgIpc) is 2.72. The lowest BCUT2D eigenvalue weighted by atomic mass is 10.1. The van der Waals surface area contributed by atoms with Crippen molar-refractivity contribution >= 4 is 24.2 Å². The van der Waals surface area contributed by atoms with Crippen LogP contribution < -0.4 is 16.0 Å². The number of carbonyl (C=O) groups excluding carboxylic acids is 2. The lowest BCUT2D eigenvalue weighted by molar-refractivity contribution is -0.126. The predicted octanol–water partition coefficient (Wildman–Crippen LogP) is 1.95. The molecule has 0 aliphatic carbocycles. The maximum atomic E-state index is 12.4. The Hall–Kier alpha value is -2.41. The lowest BCUT2D eigenvalue weighted by Gasteiger charge is -2.22. The molecule has 1 fully saturated rings. The zero-order valence-corrected chi connectivity index (χ0v) is 16.7. The second-order valence-electron chi connectivity index (χ2n) is 6.67. The lowest BCUT2D eigenvalue weighted by Crippen LogP contribution is -2.51. The molecule has 0 spiro atoms. The maximum absolute atomic E-state index is 12.4. The van der Waals surface area contributed by atoms with E-state index in [1.165, 1.54) is 5.56 Å². The van der Waals surface area contributed by atoms with E-state index in [0.29, 0.717) is 38.4 Å². The molecule has 1 atom stereocenters. The van der Waals surface area contributed by atoms with E-state index in [9.17, 15) is 9.59 Å². The van der Waals surface area contributed by atoms with Crippen LogP contribution in [0.15, 0.2) is 48.5 Å². The number of morpholine rings is 1. The van der Waals surface area contributed by atoms with Crippen LogP contribution in [0.1, 0.15) is 27.0 Å². The van der Waals surface area contributed by atoms with Crippen molar-refractivity contribution in [3.63, 3.8) is 0 Å². The van der Waals surface area contributed by atoms with Gasteiger partial charge in [0.1, 0.15) is 6.04 Å². The molecule has 2 aromatic carbocycles. The first-order chi connectivity index (χ1) is 13.1. The predicted molar refractivity (Wildman–Crippen MR) is 110 cm³/mol. The molecule has 6 nitrogen and oxygen atoms in total. The van der Waals surface area contributed by atoms with E-state index in [1.54, 1.807) is 12.1 Å². The fourth-order valence-corrected chi connectivity index (χ4v) is 2.86. The zero-order valence-electron chi connectivity index (χ0n) is 15.9. The molecule has 150 valence electrons. The minimum Gasteiger partial charge on any atom is -0.378 e. The number of nitrogens with one attached hydrogen (secondary N) is 3. The summed E-state index contributed by atoms with van der Waals surface area (Å²) in [5.74, 6) is -0.227. The highest BCUT2D eigenvalue weighted by molar-refractivity contribution is 5.94. The van der Waals surface area contributed by atoms with Crippen molar-refractivity contribution in [2.75, 3.05) is 19.8 Å². The van der Waals surface area contributed by atoms with Gasteiger partial charge in [0.05, 0.1) is 13.2 Å². The van der Waals surface area contributed by atoms with Gasteiger partial charge in [0.15, 0.2) is 0 Å². The first-order valence-corrected chi connectivity index (χ1v) is 9.13. The van der Waals surface area contributed by atoms with Gasteiger partial charge in [-0.3, -0.25) is 9.59 Å². The van der Waals surface area contributed by atoms with E-state index >= 15 is 0 Å². The van der Waals surface area contributed by atoms with Crippen LogP contribution in [0.25, 0.3) is 0 Å². The molecule has 0 bridgehead atoms. The first-order valence-electron chi connectivity index (χ1n) is 9.13. The van der Waals surface area contributed by atoms with Crippen LogP contribution in [0.3, 0.4) is 0 Å². The molecular formula is C21H26ClN3O3. The Balaban J connectivity index is 0.00000280. The molecule has 2 aromatic rings. The number of rotatable bonds is 6. The van der Waals surface area contributed by atoms with E-state index in [1.807, 2.05) is 43.3 Å². The molecule has 0 aromatic heterocycles. The summed E-state index contributed by atoms with van der Waals surface area (Å²) in [5.41, 5.74) is 3.70. The SMILES string of the molecule is Cc1ccc(CNC(=O)c2cccc(CNC(=O)C3COCCN3)c2)cc1.Cl. The number of aryl methyl sites for hydroxylation is 1. The van der Waals surface area contributed by atoms with Gasteiger partial charge in [-0.1, -0.05) is 42.0 Å². The molecular weight excluding hydrogens is 378 g/mol. The third kappa shape index (κ3) is 6.34. The Morgan fingerprint density at radius 3 is 2.54 bits per heavy atom. The smallest absolute Gasteiger partial charge is 0.251 e. The molecule has 7 heteroatoms. The van der Waals surface area contributed by atoms with Gasteiger partial charge in [0.25, 0.3) is 5.91 Å². The van der Waals surface area contributed by atoms with Gasteiger partial charge in [-0.2, -0.15) is 0 Å². The quantitative estimate of drug-likeness (QED) is 0.688. The molecule has 3 N–H and O–H groups in total. The molecule has 1 unspecified atom stereocenters. The summed E-state index contributed by atoms with van der Waals surface area (Å²) in [6, 6.07) is 15.0. The van der Waals surface area contributed by atoms with Crippen LogP contribution in [0.5, 0.6) is 0 Å². The highest BCUT2D eigenvalue weighted by Crippen LogP contribution is 2.07. The van der Waals surface area contributed by atoms with Gasteiger partial charge in [0, 0.05) is 25.2 Å². The van der Waals surface area contributed by atoms with Crippen molar-refractivity contribution < 1.29 is 14.3 Å². The van der Waals surface area contributed by atoms with Gasteiger partial charge in [-0.05, 0) is 30.2 Å². The number of amides is 2. The second kappa shape index (κ2) is 10.8. The summed E-state index contributed by atoms with van der Waals surface area (Å²) in [5, 5.41) is 8.93. The Labute approximate surface area is 171 Å². The minimum atomic E-state index is -0.320. The van der Waals surface area contributed by atoms with Crippen molar-refractivity contribution in [1.82, 2.24) is 16.0 Å². The van der Waals surface area contributed by atoms with Gasteiger partial charge in [0.2, 0.25) is 5.91 Å². The van der Waals surface area contributed by atoms with Crippen LogP contribution in [-0.2, 0) is 22.6 Å². The molecule has 0 saturated carbocycles. The molecule has 0 radical (unpaired) electrons. The summed E-state index contributed by atoms with van der Waals surface area (Å²) in [4.78, 5) is 24.5. The van der Waals surface area contributed by atoms with Crippen LogP contribution in [-0.4, -0.2) is 37.6 Å². The van der Waals surface area contributed by atoms with Gasteiger partial charge in [-0.15, -0.1) is 12.4 Å². The second-order valence-corrected chi connectivity index (χ2v) is 6.67. The number of hydrogen-bond acceptors (Lipinski definition) is 4. The third-order valence-corrected chi connectivity index (χ3v) is 4.47. The van der Waals surface area contributed by atoms with E-state index < -0.39 is 0 Å². The number of carbonyl (C=O) groups is 2. The number of benzene rings is 2. The topological polar surface area (TPSA) is 79.5 Å². The Morgan fingerprint density at radius 1 is 1.07 bits per heavy atom. The maximum Gasteiger partial charge on any atom is 0.251 e. The zero-order chi connectivity index (χ0) is 19.1. The van der Waals surface area contributed by atoms with Crippen molar-refractivity contribution in [2.45, 2.75) is 26.1 Å². The summed E-state index contributed by atoms with van der Waals surface area (Å²) >= 11 is 0. The molecule has 1 saturated heterocycles. The molecule has 28 heavy (non-hydrogen) atoms. The van der Waals surface area contributed by atoms with E-state index in [-0.39, 0.29) is 30.3 Å². The number of hydrogen-bond donors (Lipinski definition) is 3. The Kier molecular flexibility index (Phi) is 8.44. The van der Waals surface area contributed by atoms with Gasteiger partial charge < -0.3 is 20.7 Å². The van der Waals surface area contributed by atoms with Crippen LogP contribution in [0, 0.1) is 6.92 Å². The summed E-state index contributed by atoms with van der Waals surface area (Å²) in [6.45, 7) is 4.57. The Bertz CT molecular complexity index is 790. The number of halogens is 1. The summed E-state index contributed by atoms with van der Waals surface area (Å²) in [7, 11) is 0. The normalized spacial score (nSPS) is 16.0. The van der Waals surface area contributed by atoms with Crippen LogP contribution in [0.4, 0.5) is 0 Å². The van der Waals surface area contributed by atoms with Crippen molar-refractivity contribution in [2.24, 2.45) is 0 Å². The fourth-order valence-electron chi connectivity index (χ4n) is 2.86. The summed E-state index contributed by atoms with van der Waals surface area (Å²) in [6.07, 6.45) is 0. The molecule has 1 heterocycles. The van der Waals surface area contributed by atoms with Crippen molar-refractivity contribution in [3.05, 3.63) is 70.8 Å². The molecule has 1 aliphatic heterocycles. The monoisotopic (exact) mass is 403 g/mol. The third-order valence-electron chi connectivity index (χ3n) is 4.47. The first kappa shape index (κ1) is 21.9. The number of ether oxygens (including phenoxy) is 1. The summed E-state index contributed by atoms with van der Waals surface area (Å²) < 4.78 is 5.30. The van der Waals surface area contributed by atoms with Crippen LogP contribution >= 0.6 is 12.4 Å². The van der Waals surface area contributed by atoms with E-state index in [4.69, 9.17) is 4.74 Å². The van der Waals surface area contributed by atoms with E-state index in [0.717, 1.165) is 11.1 Å².